The number of ketones is 1. The van der Waals surface area contributed by atoms with Crippen LogP contribution in [0.1, 0.15) is 28.9 Å². The minimum Gasteiger partial charge on any atom is -0.504 e. The number of phenolic OH excluding ortho intramolecular Hbond substituents is 2. The highest BCUT2D eigenvalue weighted by atomic mass is 16.6. The molecule has 0 amide bonds. The van der Waals surface area contributed by atoms with Crippen molar-refractivity contribution in [3.05, 3.63) is 47.5 Å². The van der Waals surface area contributed by atoms with Crippen molar-refractivity contribution in [2.45, 2.75) is 19.1 Å². The normalized spacial score (nSPS) is 18.9. The fourth-order valence-corrected chi connectivity index (χ4v) is 2.80. The number of Topliss-reactive ketones (excluding diaryl/α,β-unsaturated/α-hetero) is 1. The van der Waals surface area contributed by atoms with Crippen molar-refractivity contribution in [2.75, 3.05) is 7.11 Å². The Morgan fingerprint density at radius 2 is 1.88 bits per heavy atom. The molecule has 0 bridgehead atoms. The van der Waals surface area contributed by atoms with Crippen LogP contribution in [0.25, 0.3) is 0 Å². The molecule has 0 aliphatic carbocycles. The molecule has 0 spiro atoms. The van der Waals surface area contributed by atoms with Gasteiger partial charge in [-0.25, -0.2) is 0 Å². The molecular formula is C18H16O7. The summed E-state index contributed by atoms with van der Waals surface area (Å²) in [7, 11) is 1.24. The summed E-state index contributed by atoms with van der Waals surface area (Å²) in [5.74, 6) is -2.50. The highest BCUT2D eigenvalue weighted by Crippen LogP contribution is 2.48. The Labute approximate surface area is 143 Å². The van der Waals surface area contributed by atoms with Crippen LogP contribution in [0, 0.1) is 0 Å². The van der Waals surface area contributed by atoms with Crippen molar-refractivity contribution in [1.29, 1.82) is 0 Å². The van der Waals surface area contributed by atoms with E-state index in [-0.39, 0.29) is 22.8 Å². The van der Waals surface area contributed by atoms with Crippen molar-refractivity contribution in [1.82, 2.24) is 0 Å². The maximum Gasteiger partial charge on any atom is 0.303 e. The number of rotatable bonds is 3. The zero-order chi connectivity index (χ0) is 18.1. The lowest BCUT2D eigenvalue weighted by molar-refractivity contribution is -0.148. The van der Waals surface area contributed by atoms with Crippen LogP contribution >= 0.6 is 0 Å². The van der Waals surface area contributed by atoms with Crippen LogP contribution in [-0.4, -0.2) is 35.2 Å². The molecule has 2 N–H and O–H groups in total. The van der Waals surface area contributed by atoms with E-state index in [9.17, 15) is 19.8 Å². The topological polar surface area (TPSA) is 102 Å². The summed E-state index contributed by atoms with van der Waals surface area (Å²) in [5.41, 5.74) is 0.413. The van der Waals surface area contributed by atoms with E-state index in [1.54, 1.807) is 30.3 Å². The third kappa shape index (κ3) is 2.84. The van der Waals surface area contributed by atoms with Gasteiger partial charge in [0.25, 0.3) is 0 Å². The second-order valence-corrected chi connectivity index (χ2v) is 5.49. The Balaban J connectivity index is 2.15. The van der Waals surface area contributed by atoms with Gasteiger partial charge < -0.3 is 24.4 Å². The highest BCUT2D eigenvalue weighted by molar-refractivity contribution is 6.07. The number of phenols is 2. The number of hydrogen-bond acceptors (Lipinski definition) is 7. The van der Waals surface area contributed by atoms with Crippen LogP contribution in [0.2, 0.25) is 0 Å². The fourth-order valence-electron chi connectivity index (χ4n) is 2.80. The van der Waals surface area contributed by atoms with Crippen molar-refractivity contribution in [2.24, 2.45) is 0 Å². The number of hydrogen-bond donors (Lipinski definition) is 2. The number of benzene rings is 2. The summed E-state index contributed by atoms with van der Waals surface area (Å²) in [4.78, 5) is 24.3. The predicted octanol–water partition coefficient (Wildman–Crippen LogP) is 2.35. The number of esters is 1. The van der Waals surface area contributed by atoms with Crippen LogP contribution in [0.5, 0.6) is 23.0 Å². The van der Waals surface area contributed by atoms with Crippen molar-refractivity contribution in [3.8, 4) is 23.0 Å². The van der Waals surface area contributed by atoms with Gasteiger partial charge >= 0.3 is 5.97 Å². The zero-order valence-corrected chi connectivity index (χ0v) is 13.6. The summed E-state index contributed by atoms with van der Waals surface area (Å²) in [6, 6.07) is 9.95. The molecule has 25 heavy (non-hydrogen) atoms. The van der Waals surface area contributed by atoms with E-state index < -0.39 is 29.7 Å². The van der Waals surface area contributed by atoms with Gasteiger partial charge in [0.15, 0.2) is 17.6 Å². The van der Waals surface area contributed by atoms with Gasteiger partial charge in [0.1, 0.15) is 11.3 Å². The highest BCUT2D eigenvalue weighted by Gasteiger charge is 2.43. The van der Waals surface area contributed by atoms with E-state index >= 15 is 0 Å². The van der Waals surface area contributed by atoms with E-state index in [0.29, 0.717) is 5.56 Å². The summed E-state index contributed by atoms with van der Waals surface area (Å²) in [5, 5.41) is 20.2. The zero-order valence-electron chi connectivity index (χ0n) is 13.6. The first-order valence-corrected chi connectivity index (χ1v) is 7.50. The molecule has 2 atom stereocenters. The molecule has 1 aliphatic rings. The van der Waals surface area contributed by atoms with Gasteiger partial charge in [-0.05, 0) is 5.56 Å². The average Bonchev–Trinajstić information content (AvgIpc) is 2.57. The molecule has 130 valence electrons. The molecule has 2 aromatic rings. The number of carbonyl (C=O) groups is 2. The fraction of sp³-hybridized carbons (Fsp3) is 0.222. The maximum absolute atomic E-state index is 12.9. The predicted molar refractivity (Wildman–Crippen MR) is 86.0 cm³/mol. The Morgan fingerprint density at radius 1 is 1.20 bits per heavy atom. The van der Waals surface area contributed by atoms with Gasteiger partial charge in [-0.3, -0.25) is 9.59 Å². The summed E-state index contributed by atoms with van der Waals surface area (Å²) in [6.45, 7) is 1.18. The Morgan fingerprint density at radius 3 is 2.48 bits per heavy atom. The van der Waals surface area contributed by atoms with Gasteiger partial charge in [-0.15, -0.1) is 0 Å². The Kier molecular flexibility index (Phi) is 4.22. The Bertz CT molecular complexity index is 829. The van der Waals surface area contributed by atoms with Crippen LogP contribution in [0.3, 0.4) is 0 Å². The largest absolute Gasteiger partial charge is 0.504 e. The lowest BCUT2D eigenvalue weighted by Crippen LogP contribution is -2.39. The number of fused-ring (bicyclic) bond motifs is 1. The van der Waals surface area contributed by atoms with E-state index in [1.807, 2.05) is 0 Å². The van der Waals surface area contributed by atoms with Crippen LogP contribution in [-0.2, 0) is 9.53 Å². The third-order valence-corrected chi connectivity index (χ3v) is 3.86. The van der Waals surface area contributed by atoms with Gasteiger partial charge in [0.2, 0.25) is 17.6 Å². The van der Waals surface area contributed by atoms with Gasteiger partial charge in [0, 0.05) is 13.0 Å². The monoisotopic (exact) mass is 344 g/mol. The molecule has 2 aromatic carbocycles. The maximum atomic E-state index is 12.9. The third-order valence-electron chi connectivity index (χ3n) is 3.86. The Hall–Kier alpha value is -3.22. The molecular weight excluding hydrogens is 328 g/mol. The quantitative estimate of drug-likeness (QED) is 0.824. The second-order valence-electron chi connectivity index (χ2n) is 5.49. The number of ether oxygens (including phenoxy) is 3. The standard InChI is InChI=1S/C18H16O7/c1-9(19)24-18-15(22)13-12(8-11(20)17(23-2)14(13)21)25-16(18)10-6-4-3-5-7-10/h3-8,16,18,20-21H,1-2H3. The number of methoxy groups -OCH3 is 1. The number of carbonyl (C=O) groups excluding carboxylic acids is 2. The molecule has 0 radical (unpaired) electrons. The molecule has 0 saturated heterocycles. The molecule has 0 aromatic heterocycles. The van der Waals surface area contributed by atoms with Gasteiger partial charge in [0.05, 0.1) is 7.11 Å². The number of aromatic hydroxyl groups is 2. The van der Waals surface area contributed by atoms with Crippen molar-refractivity contribution < 1.29 is 34.0 Å². The second kappa shape index (κ2) is 6.35. The van der Waals surface area contributed by atoms with E-state index in [1.165, 1.54) is 20.1 Å². The molecule has 0 saturated carbocycles. The smallest absolute Gasteiger partial charge is 0.303 e. The molecule has 2 unspecified atom stereocenters. The molecule has 7 nitrogen and oxygen atoms in total. The van der Waals surface area contributed by atoms with Crippen LogP contribution in [0.15, 0.2) is 36.4 Å². The molecule has 3 rings (SSSR count). The lowest BCUT2D eigenvalue weighted by atomic mass is 9.92. The first kappa shape index (κ1) is 16.6. The van der Waals surface area contributed by atoms with Crippen LogP contribution in [0.4, 0.5) is 0 Å². The molecule has 1 aliphatic heterocycles. The first-order chi connectivity index (χ1) is 11.9. The van der Waals surface area contributed by atoms with Gasteiger partial charge in [-0.1, -0.05) is 30.3 Å². The lowest BCUT2D eigenvalue weighted by Gasteiger charge is -2.32. The van der Waals surface area contributed by atoms with E-state index in [0.717, 1.165) is 0 Å². The van der Waals surface area contributed by atoms with Crippen molar-refractivity contribution >= 4 is 11.8 Å². The van der Waals surface area contributed by atoms with E-state index in [4.69, 9.17) is 14.2 Å². The SMILES string of the molecule is COc1c(O)cc2c(c1O)C(=O)C(OC(C)=O)C(c1ccccc1)O2. The molecule has 1 heterocycles. The van der Waals surface area contributed by atoms with Crippen LogP contribution < -0.4 is 9.47 Å². The molecule has 7 heteroatoms. The van der Waals surface area contributed by atoms with Gasteiger partial charge in [-0.2, -0.15) is 0 Å². The summed E-state index contributed by atoms with van der Waals surface area (Å²) in [6.07, 6.45) is -2.18. The molecule has 0 fully saturated rings. The minimum atomic E-state index is -1.27. The average molecular weight is 344 g/mol. The van der Waals surface area contributed by atoms with E-state index in [2.05, 4.69) is 0 Å². The summed E-state index contributed by atoms with van der Waals surface area (Å²) >= 11 is 0. The summed E-state index contributed by atoms with van der Waals surface area (Å²) < 4.78 is 15.9. The van der Waals surface area contributed by atoms with Crippen molar-refractivity contribution in [3.63, 3.8) is 0 Å². The minimum absolute atomic E-state index is 0.0157. The first-order valence-electron chi connectivity index (χ1n) is 7.50.